The van der Waals surface area contributed by atoms with Gasteiger partial charge in [-0.25, -0.2) is 0 Å². The molecule has 0 atom stereocenters. The van der Waals surface area contributed by atoms with E-state index in [0.29, 0.717) is 0 Å². The van der Waals surface area contributed by atoms with E-state index < -0.39 is 211 Å². The fourth-order valence-corrected chi connectivity index (χ4v) is 4.54. The van der Waals surface area contributed by atoms with Crippen molar-refractivity contribution in [1.82, 2.24) is 9.13 Å². The number of hydrogen-bond acceptors (Lipinski definition) is 0. The van der Waals surface area contributed by atoms with Gasteiger partial charge < -0.3 is 9.13 Å². The third kappa shape index (κ3) is 3.01. The van der Waals surface area contributed by atoms with Crippen LogP contribution in [0.1, 0.15) is 32.9 Å². The number of hydrogen-bond donors (Lipinski definition) is 0. The third-order valence-corrected chi connectivity index (χ3v) is 6.04. The number of para-hydroxylation sites is 3. The maximum absolute atomic E-state index is 9.47. The molecule has 0 aliphatic heterocycles. The molecule has 0 fully saturated rings. The monoisotopic (exact) mass is 508 g/mol. The highest BCUT2D eigenvalue weighted by Gasteiger charge is 2.19. The van der Waals surface area contributed by atoms with Crippen LogP contribution in [0.3, 0.4) is 0 Å². The lowest BCUT2D eigenvalue weighted by molar-refractivity contribution is 1.17. The Hall–Kier alpha value is -5.08. The molecule has 0 unspecified atom stereocenters. The van der Waals surface area contributed by atoms with Gasteiger partial charge in [-0.15, -0.1) is 0 Å². The Morgan fingerprint density at radius 3 is 1.63 bits per heavy atom. The Morgan fingerprint density at radius 2 is 0.921 bits per heavy atom. The first-order valence-corrected chi connectivity index (χ1v) is 11.1. The fourth-order valence-electron chi connectivity index (χ4n) is 4.54. The van der Waals surface area contributed by atoms with Crippen LogP contribution in [0.15, 0.2) is 145 Å². The molecular formula is C36H24N2. The van der Waals surface area contributed by atoms with E-state index in [1.54, 1.807) is 0 Å². The largest absolute Gasteiger partial charge is 0.309 e. The van der Waals surface area contributed by atoms with Gasteiger partial charge in [0.25, 0.3) is 0 Å². The van der Waals surface area contributed by atoms with E-state index in [4.69, 9.17) is 27.4 Å². The van der Waals surface area contributed by atoms with Crippen molar-refractivity contribution in [1.29, 1.82) is 0 Å². The van der Waals surface area contributed by atoms with E-state index in [2.05, 4.69) is 0 Å². The van der Waals surface area contributed by atoms with Gasteiger partial charge in [0.05, 0.1) is 60.7 Å². The van der Waals surface area contributed by atoms with Crippen LogP contribution >= 0.6 is 0 Å². The second-order valence-corrected chi connectivity index (χ2v) is 8.01. The fraction of sp³-hybridized carbons (Fsp3) is 0. The SMILES string of the molecule is [2H]c1c([2H])c([2H])c(-c2c([2H])c([2H])c([2H])c(-n3c4c([2H])c([2H])c([2H])c([2H])c4c4c(-n5c6c([2H])c([2H])c([2H])c([2H])c6c6c([2H])c([2H])c([2H])c([2H])c65)c([2H])c([2H])c([2H])c43)c2[2H])c([2H])c1[2H]. The lowest BCUT2D eigenvalue weighted by atomic mass is 10.1. The van der Waals surface area contributed by atoms with Gasteiger partial charge in [0.2, 0.25) is 0 Å². The minimum atomic E-state index is -1.00. The maximum atomic E-state index is 9.47. The molecule has 0 radical (unpaired) electrons. The van der Waals surface area contributed by atoms with Gasteiger partial charge >= 0.3 is 0 Å². The van der Waals surface area contributed by atoms with Crippen molar-refractivity contribution in [2.24, 2.45) is 0 Å². The summed E-state index contributed by atoms with van der Waals surface area (Å²) < 4.78 is 213. The predicted molar refractivity (Wildman–Crippen MR) is 161 cm³/mol. The van der Waals surface area contributed by atoms with Gasteiger partial charge in [-0.3, -0.25) is 0 Å². The van der Waals surface area contributed by atoms with Crippen LogP contribution < -0.4 is 0 Å². The first kappa shape index (κ1) is 8.21. The number of aromatic nitrogens is 2. The zero-order valence-corrected chi connectivity index (χ0v) is 18.9. The first-order valence-electron chi connectivity index (χ1n) is 23.1. The third-order valence-electron chi connectivity index (χ3n) is 6.04. The second kappa shape index (κ2) is 8.22. The minimum absolute atomic E-state index is 0.451. The van der Waals surface area contributed by atoms with Crippen LogP contribution in [0.2, 0.25) is 0 Å². The maximum Gasteiger partial charge on any atom is 0.0651 e. The Kier molecular flexibility index (Phi) is 1.78. The quantitative estimate of drug-likeness (QED) is 0.225. The van der Waals surface area contributed by atoms with Gasteiger partial charge in [0, 0.05) is 27.2 Å². The van der Waals surface area contributed by atoms with E-state index in [1.807, 2.05) is 0 Å². The van der Waals surface area contributed by atoms with Gasteiger partial charge in [-0.05, 0) is 53.4 Å². The molecule has 8 rings (SSSR count). The van der Waals surface area contributed by atoms with Crippen molar-refractivity contribution in [3.63, 3.8) is 0 Å². The first-order chi connectivity index (χ1) is 28.9. The zero-order valence-electron chi connectivity index (χ0n) is 42.9. The Bertz CT molecular complexity index is 3350. The van der Waals surface area contributed by atoms with Crippen molar-refractivity contribution >= 4 is 43.6 Å². The summed E-state index contributed by atoms with van der Waals surface area (Å²) in [4.78, 5) is 0. The van der Waals surface area contributed by atoms with Crippen LogP contribution in [0, 0.1) is 0 Å². The lowest BCUT2D eigenvalue weighted by Gasteiger charge is -2.12. The summed E-state index contributed by atoms with van der Waals surface area (Å²) in [5.41, 5.74) is -5.46. The molecule has 8 aromatic rings. The predicted octanol–water partition coefficient (Wildman–Crippen LogP) is 9.55. The normalized spacial score (nSPS) is 20.5. The molecule has 0 saturated heterocycles. The number of nitrogens with zero attached hydrogens (tertiary/aromatic N) is 2. The summed E-state index contributed by atoms with van der Waals surface area (Å²) in [6, 6.07) is -21.3. The Morgan fingerprint density at radius 1 is 0.395 bits per heavy atom. The summed E-state index contributed by atoms with van der Waals surface area (Å²) in [5.74, 6) is 0. The summed E-state index contributed by atoms with van der Waals surface area (Å²) in [6.07, 6.45) is 0. The molecule has 0 bridgehead atoms. The van der Waals surface area contributed by atoms with E-state index in [9.17, 15) is 5.48 Å². The molecule has 2 nitrogen and oxygen atoms in total. The zero-order chi connectivity index (χ0) is 45.9. The van der Waals surface area contributed by atoms with E-state index in [-0.39, 0.29) is 0 Å². The van der Waals surface area contributed by atoms with Crippen LogP contribution in [0.4, 0.5) is 0 Å². The van der Waals surface area contributed by atoms with Crippen molar-refractivity contribution in [3.8, 4) is 22.5 Å². The molecular weight excluding hydrogens is 460 g/mol. The highest BCUT2D eigenvalue weighted by molar-refractivity contribution is 6.16. The van der Waals surface area contributed by atoms with Crippen LogP contribution in [-0.4, -0.2) is 9.13 Å². The highest BCUT2D eigenvalue weighted by Crippen LogP contribution is 2.40. The molecule has 0 N–H and O–H groups in total. The number of benzene rings is 6. The van der Waals surface area contributed by atoms with E-state index in [1.165, 1.54) is 0 Å². The average Bonchev–Trinajstić information content (AvgIpc) is 3.78. The molecule has 2 aromatic heterocycles. The van der Waals surface area contributed by atoms with E-state index >= 15 is 0 Å². The van der Waals surface area contributed by atoms with Crippen LogP contribution in [0.5, 0.6) is 0 Å². The van der Waals surface area contributed by atoms with Gasteiger partial charge in [0.1, 0.15) is 0 Å². The molecule has 38 heavy (non-hydrogen) atoms. The molecule has 178 valence electrons. The van der Waals surface area contributed by atoms with Crippen LogP contribution in [0.25, 0.3) is 66.1 Å². The summed E-state index contributed by atoms with van der Waals surface area (Å²) >= 11 is 0. The van der Waals surface area contributed by atoms with Gasteiger partial charge in [-0.1, -0.05) is 103 Å². The molecule has 2 heteroatoms. The molecule has 6 aromatic carbocycles. The van der Waals surface area contributed by atoms with Crippen molar-refractivity contribution in [2.75, 3.05) is 0 Å². The van der Waals surface area contributed by atoms with Gasteiger partial charge in [0.15, 0.2) is 0 Å². The van der Waals surface area contributed by atoms with Crippen LogP contribution in [-0.2, 0) is 0 Å². The molecule has 0 spiro atoms. The summed E-state index contributed by atoms with van der Waals surface area (Å²) in [7, 11) is 0. The summed E-state index contributed by atoms with van der Waals surface area (Å²) in [5, 5.41) is -2.05. The topological polar surface area (TPSA) is 9.86 Å². The molecule has 0 aliphatic rings. The van der Waals surface area contributed by atoms with Crippen molar-refractivity contribution < 1.29 is 32.9 Å². The molecule has 0 aliphatic carbocycles. The molecule has 2 heterocycles. The second-order valence-electron chi connectivity index (χ2n) is 8.01. The number of rotatable bonds is 3. The minimum Gasteiger partial charge on any atom is -0.309 e. The van der Waals surface area contributed by atoms with Gasteiger partial charge in [-0.2, -0.15) is 0 Å². The summed E-state index contributed by atoms with van der Waals surface area (Å²) in [6.45, 7) is 0. The lowest BCUT2D eigenvalue weighted by Crippen LogP contribution is -1.96. The van der Waals surface area contributed by atoms with Crippen molar-refractivity contribution in [3.05, 3.63) is 145 Å². The Balaban J connectivity index is 1.75. The standard InChI is InChI=1S/C36H24N2/c1-2-12-25(13-3-1)26-14-10-15-27(24-26)37-33-21-9-6-18-30(33)36-34(37)22-11-23-35(36)38-31-19-7-4-16-28(31)29-17-5-8-20-32(29)38/h1-24H/i1D,2D,3D,4D,5D,6D,7D,8D,9D,10D,11D,12D,13D,14D,15D,16D,17D,18D,19D,20D,21D,22D,23D,24D. The smallest absolute Gasteiger partial charge is 0.0651 e. The highest BCUT2D eigenvalue weighted by atomic mass is 15.0. The van der Waals surface area contributed by atoms with E-state index in [0.717, 1.165) is 9.13 Å². The van der Waals surface area contributed by atoms with Crippen molar-refractivity contribution in [2.45, 2.75) is 0 Å². The Labute approximate surface area is 254 Å². The molecule has 0 amide bonds. The average molecular weight is 509 g/mol. The molecule has 0 saturated carbocycles. The number of fused-ring (bicyclic) bond motifs is 6.